The molecule has 0 atom stereocenters. The molecule has 2 rings (SSSR count). The van der Waals surface area contributed by atoms with Gasteiger partial charge in [0.15, 0.2) is 5.69 Å². The van der Waals surface area contributed by atoms with Gasteiger partial charge in [-0.2, -0.15) is 0 Å². The maximum absolute atomic E-state index is 11.7. The van der Waals surface area contributed by atoms with Crippen LogP contribution in [0.15, 0.2) is 41.1 Å². The number of aryl methyl sites for hydroxylation is 1. The van der Waals surface area contributed by atoms with Crippen molar-refractivity contribution < 1.29 is 18.8 Å². The van der Waals surface area contributed by atoms with Gasteiger partial charge in [0.2, 0.25) is 0 Å². The average Bonchev–Trinajstić information content (AvgIpc) is 2.82. The Labute approximate surface area is 97.0 Å². The number of hydrogen-bond donors (Lipinski definition) is 0. The van der Waals surface area contributed by atoms with Gasteiger partial charge in [-0.3, -0.25) is 0 Å². The van der Waals surface area contributed by atoms with Crippen LogP contribution in [-0.2, 0) is 4.74 Å². The van der Waals surface area contributed by atoms with Crippen molar-refractivity contribution in [2.75, 3.05) is 0 Å². The van der Waals surface area contributed by atoms with Gasteiger partial charge in [-0.1, -0.05) is 23.4 Å². The van der Waals surface area contributed by atoms with Crippen LogP contribution in [-0.4, -0.2) is 17.1 Å². The minimum atomic E-state index is -0.827. The summed E-state index contributed by atoms with van der Waals surface area (Å²) in [5, 5.41) is 3.38. The van der Waals surface area contributed by atoms with Crippen LogP contribution in [0.3, 0.4) is 0 Å². The van der Waals surface area contributed by atoms with Crippen LogP contribution in [0.25, 0.3) is 0 Å². The molecule has 17 heavy (non-hydrogen) atoms. The number of ether oxygens (including phenoxy) is 1. The van der Waals surface area contributed by atoms with Gasteiger partial charge in [0.25, 0.3) is 0 Å². The zero-order valence-electron chi connectivity index (χ0n) is 9.04. The van der Waals surface area contributed by atoms with E-state index >= 15 is 0 Å². The highest BCUT2D eigenvalue weighted by molar-refractivity contribution is 6.02. The zero-order chi connectivity index (χ0) is 12.3. The van der Waals surface area contributed by atoms with E-state index in [4.69, 9.17) is 0 Å². The zero-order valence-corrected chi connectivity index (χ0v) is 9.04. The Morgan fingerprint density at radius 1 is 1.18 bits per heavy atom. The SMILES string of the molecule is Cc1ccccc1C(=O)OC(=O)c1ccon1. The number of hydrogen-bond acceptors (Lipinski definition) is 5. The van der Waals surface area contributed by atoms with Crippen molar-refractivity contribution in [3.05, 3.63) is 53.4 Å². The molecule has 0 fully saturated rings. The summed E-state index contributed by atoms with van der Waals surface area (Å²) >= 11 is 0. The van der Waals surface area contributed by atoms with Crippen molar-refractivity contribution in [1.29, 1.82) is 0 Å². The summed E-state index contributed by atoms with van der Waals surface area (Å²) in [6.45, 7) is 1.76. The fourth-order valence-corrected chi connectivity index (χ4v) is 1.31. The summed E-state index contributed by atoms with van der Waals surface area (Å²) in [6.07, 6.45) is 1.23. The molecule has 1 aromatic carbocycles. The van der Waals surface area contributed by atoms with E-state index in [1.54, 1.807) is 31.2 Å². The molecule has 0 N–H and O–H groups in total. The lowest BCUT2D eigenvalue weighted by atomic mass is 10.1. The molecule has 2 aromatic rings. The highest BCUT2D eigenvalue weighted by Gasteiger charge is 2.18. The van der Waals surface area contributed by atoms with Crippen LogP contribution >= 0.6 is 0 Å². The Morgan fingerprint density at radius 3 is 2.59 bits per heavy atom. The maximum Gasteiger partial charge on any atom is 0.368 e. The summed E-state index contributed by atoms with van der Waals surface area (Å²) in [5.74, 6) is -1.52. The summed E-state index contributed by atoms with van der Waals surface area (Å²) in [6, 6.07) is 8.17. The summed E-state index contributed by atoms with van der Waals surface area (Å²) in [7, 11) is 0. The Bertz CT molecular complexity index is 545. The molecule has 0 saturated carbocycles. The van der Waals surface area contributed by atoms with Crippen molar-refractivity contribution in [3.63, 3.8) is 0 Å². The standard InChI is InChI=1S/C12H9NO4/c1-8-4-2-3-5-9(8)11(14)17-12(15)10-6-7-16-13-10/h2-7H,1H3. The van der Waals surface area contributed by atoms with E-state index in [-0.39, 0.29) is 5.69 Å². The first-order chi connectivity index (χ1) is 8.18. The minimum absolute atomic E-state index is 0.0352. The van der Waals surface area contributed by atoms with Gasteiger partial charge in [0.1, 0.15) is 6.26 Å². The van der Waals surface area contributed by atoms with E-state index in [2.05, 4.69) is 14.4 Å². The smallest absolute Gasteiger partial charge is 0.368 e. The third-order valence-electron chi connectivity index (χ3n) is 2.20. The Balaban J connectivity index is 2.13. The highest BCUT2D eigenvalue weighted by atomic mass is 16.6. The van der Waals surface area contributed by atoms with Crippen molar-refractivity contribution in [2.45, 2.75) is 6.92 Å². The topological polar surface area (TPSA) is 69.4 Å². The number of carbonyl (C=O) groups is 2. The van der Waals surface area contributed by atoms with Gasteiger partial charge in [0.05, 0.1) is 5.56 Å². The lowest BCUT2D eigenvalue weighted by Crippen LogP contribution is -2.14. The first kappa shape index (κ1) is 11.1. The lowest BCUT2D eigenvalue weighted by Gasteiger charge is -2.03. The molecule has 5 nitrogen and oxygen atoms in total. The van der Waals surface area contributed by atoms with Gasteiger partial charge >= 0.3 is 11.9 Å². The summed E-state index contributed by atoms with van der Waals surface area (Å²) in [4.78, 5) is 23.1. The molecule has 0 spiro atoms. The predicted octanol–water partition coefficient (Wildman–Crippen LogP) is 1.98. The second-order valence-electron chi connectivity index (χ2n) is 3.38. The number of nitrogens with zero attached hydrogens (tertiary/aromatic N) is 1. The van der Waals surface area contributed by atoms with E-state index in [1.165, 1.54) is 12.3 Å². The molecule has 0 unspecified atom stereocenters. The lowest BCUT2D eigenvalue weighted by molar-refractivity contribution is 0.0390. The van der Waals surface area contributed by atoms with Crippen molar-refractivity contribution in [1.82, 2.24) is 5.16 Å². The third-order valence-corrected chi connectivity index (χ3v) is 2.20. The Kier molecular flexibility index (Phi) is 3.00. The van der Waals surface area contributed by atoms with Crippen LogP contribution in [0, 0.1) is 6.92 Å². The van der Waals surface area contributed by atoms with Gasteiger partial charge in [-0.25, -0.2) is 9.59 Å². The number of benzene rings is 1. The molecule has 86 valence electrons. The Hall–Kier alpha value is -2.43. The molecule has 1 aromatic heterocycles. The first-order valence-electron chi connectivity index (χ1n) is 4.91. The first-order valence-corrected chi connectivity index (χ1v) is 4.91. The van der Waals surface area contributed by atoms with Crippen LogP contribution in [0.1, 0.15) is 26.4 Å². The second-order valence-corrected chi connectivity index (χ2v) is 3.38. The van der Waals surface area contributed by atoms with Crippen LogP contribution in [0.2, 0.25) is 0 Å². The molecule has 0 amide bonds. The van der Waals surface area contributed by atoms with Crippen LogP contribution in [0.4, 0.5) is 0 Å². The minimum Gasteiger partial charge on any atom is -0.384 e. The number of aromatic nitrogens is 1. The molecule has 5 heteroatoms. The number of esters is 2. The molecule has 0 saturated heterocycles. The molecule has 0 aliphatic rings. The third kappa shape index (κ3) is 2.39. The van der Waals surface area contributed by atoms with E-state index in [9.17, 15) is 9.59 Å². The van der Waals surface area contributed by atoms with Crippen molar-refractivity contribution in [2.24, 2.45) is 0 Å². The van der Waals surface area contributed by atoms with Crippen LogP contribution < -0.4 is 0 Å². The molecule has 0 bridgehead atoms. The van der Waals surface area contributed by atoms with Gasteiger partial charge < -0.3 is 9.26 Å². The highest BCUT2D eigenvalue weighted by Crippen LogP contribution is 2.10. The summed E-state index contributed by atoms with van der Waals surface area (Å²) in [5.41, 5.74) is 1.06. The number of carbonyl (C=O) groups excluding carboxylic acids is 2. The van der Waals surface area contributed by atoms with E-state index in [0.717, 1.165) is 5.56 Å². The quantitative estimate of drug-likeness (QED) is 0.583. The molecule has 0 aliphatic carbocycles. The normalized spacial score (nSPS) is 9.94. The van der Waals surface area contributed by atoms with E-state index in [0.29, 0.717) is 5.56 Å². The van der Waals surface area contributed by atoms with E-state index < -0.39 is 11.9 Å². The van der Waals surface area contributed by atoms with Gasteiger partial charge in [-0.05, 0) is 18.6 Å². The number of rotatable bonds is 2. The fraction of sp³-hybridized carbons (Fsp3) is 0.0833. The molecular formula is C12H9NO4. The average molecular weight is 231 g/mol. The maximum atomic E-state index is 11.7. The van der Waals surface area contributed by atoms with E-state index in [1.807, 2.05) is 0 Å². The largest absolute Gasteiger partial charge is 0.384 e. The van der Waals surface area contributed by atoms with Gasteiger partial charge in [0, 0.05) is 6.07 Å². The molecule has 0 radical (unpaired) electrons. The summed E-state index contributed by atoms with van der Waals surface area (Å²) < 4.78 is 9.15. The predicted molar refractivity (Wildman–Crippen MR) is 57.4 cm³/mol. The van der Waals surface area contributed by atoms with Crippen molar-refractivity contribution in [3.8, 4) is 0 Å². The Morgan fingerprint density at radius 2 is 1.94 bits per heavy atom. The molecule has 1 heterocycles. The van der Waals surface area contributed by atoms with Crippen LogP contribution in [0.5, 0.6) is 0 Å². The van der Waals surface area contributed by atoms with Crippen molar-refractivity contribution >= 4 is 11.9 Å². The monoisotopic (exact) mass is 231 g/mol. The molecular weight excluding hydrogens is 222 g/mol. The second kappa shape index (κ2) is 4.61. The van der Waals surface area contributed by atoms with Gasteiger partial charge in [-0.15, -0.1) is 0 Å². The molecule has 0 aliphatic heterocycles. The fourth-order valence-electron chi connectivity index (χ4n) is 1.31.